The number of nitrogens with zero attached hydrogens (tertiary/aromatic N) is 3. The largest absolute Gasteiger partial charge is 0.383 e. The zero-order chi connectivity index (χ0) is 19.3. The van der Waals surface area contributed by atoms with Gasteiger partial charge in [-0.15, -0.1) is 0 Å². The van der Waals surface area contributed by atoms with Gasteiger partial charge in [-0.05, 0) is 12.0 Å². The smallest absolute Gasteiger partial charge is 0.230 e. The number of carbonyl (C=O) groups excluding carboxylic acids is 1. The molecule has 8 heteroatoms. The van der Waals surface area contributed by atoms with Crippen LogP contribution in [0.15, 0.2) is 36.4 Å². The van der Waals surface area contributed by atoms with Crippen LogP contribution in [0.5, 0.6) is 0 Å². The van der Waals surface area contributed by atoms with Gasteiger partial charge in [0.15, 0.2) is 0 Å². The van der Waals surface area contributed by atoms with E-state index in [1.807, 2.05) is 30.3 Å². The fourth-order valence-electron chi connectivity index (χ4n) is 3.36. The predicted octanol–water partition coefficient (Wildman–Crippen LogP) is 2.33. The summed E-state index contributed by atoms with van der Waals surface area (Å²) in [7, 11) is 3.36. The molecule has 0 aliphatic carbocycles. The molecular formula is C19H24ClN5O2. The SMILES string of the molecule is CNc1nc(Cl)cc(N2CC[C@@](COC)(C(=O)NCc3ccccc3)C2)n1. The minimum Gasteiger partial charge on any atom is -0.383 e. The molecule has 2 heterocycles. The van der Waals surface area contributed by atoms with E-state index in [-0.39, 0.29) is 5.91 Å². The van der Waals surface area contributed by atoms with Gasteiger partial charge in [0.1, 0.15) is 11.0 Å². The van der Waals surface area contributed by atoms with Gasteiger partial charge in [-0.25, -0.2) is 4.98 Å². The molecule has 27 heavy (non-hydrogen) atoms. The molecule has 0 unspecified atom stereocenters. The Morgan fingerprint density at radius 2 is 2.11 bits per heavy atom. The third kappa shape index (κ3) is 4.48. The number of aromatic nitrogens is 2. The highest BCUT2D eigenvalue weighted by molar-refractivity contribution is 6.29. The van der Waals surface area contributed by atoms with Gasteiger partial charge in [0.05, 0.1) is 12.0 Å². The lowest BCUT2D eigenvalue weighted by Gasteiger charge is -2.27. The molecule has 1 aliphatic rings. The predicted molar refractivity (Wildman–Crippen MR) is 106 cm³/mol. The summed E-state index contributed by atoms with van der Waals surface area (Å²) in [4.78, 5) is 23.6. The van der Waals surface area contributed by atoms with Crippen LogP contribution < -0.4 is 15.5 Å². The number of halogens is 1. The molecule has 1 amide bonds. The minimum atomic E-state index is -0.624. The number of amides is 1. The van der Waals surface area contributed by atoms with Crippen LogP contribution in [0, 0.1) is 5.41 Å². The fraction of sp³-hybridized carbons (Fsp3) is 0.421. The van der Waals surface area contributed by atoms with E-state index in [1.54, 1.807) is 20.2 Å². The zero-order valence-electron chi connectivity index (χ0n) is 15.5. The first-order valence-corrected chi connectivity index (χ1v) is 9.22. The van der Waals surface area contributed by atoms with Crippen LogP contribution >= 0.6 is 11.6 Å². The summed E-state index contributed by atoms with van der Waals surface area (Å²) in [5.41, 5.74) is 0.440. The third-order valence-electron chi connectivity index (χ3n) is 4.78. The third-order valence-corrected chi connectivity index (χ3v) is 4.97. The van der Waals surface area contributed by atoms with E-state index >= 15 is 0 Å². The quantitative estimate of drug-likeness (QED) is 0.707. The Morgan fingerprint density at radius 3 is 2.81 bits per heavy atom. The van der Waals surface area contributed by atoms with Crippen molar-refractivity contribution in [3.8, 4) is 0 Å². The molecule has 1 aromatic heterocycles. The van der Waals surface area contributed by atoms with Crippen molar-refractivity contribution in [1.82, 2.24) is 15.3 Å². The Morgan fingerprint density at radius 1 is 1.33 bits per heavy atom. The summed E-state index contributed by atoms with van der Waals surface area (Å²) in [6, 6.07) is 11.6. The second kappa shape index (κ2) is 8.54. The molecule has 0 saturated carbocycles. The van der Waals surface area contributed by atoms with Gasteiger partial charge in [0.2, 0.25) is 11.9 Å². The molecule has 0 radical (unpaired) electrons. The first-order valence-electron chi connectivity index (χ1n) is 8.85. The molecule has 1 fully saturated rings. The number of carbonyl (C=O) groups is 1. The highest BCUT2D eigenvalue weighted by atomic mass is 35.5. The molecule has 7 nitrogen and oxygen atoms in total. The van der Waals surface area contributed by atoms with Crippen molar-refractivity contribution < 1.29 is 9.53 Å². The molecule has 0 bridgehead atoms. The molecule has 144 valence electrons. The second-order valence-electron chi connectivity index (χ2n) is 6.68. The fourth-order valence-corrected chi connectivity index (χ4v) is 3.54. The van der Waals surface area contributed by atoms with E-state index in [1.165, 1.54) is 0 Å². The van der Waals surface area contributed by atoms with Gasteiger partial charge in [-0.1, -0.05) is 41.9 Å². The maximum atomic E-state index is 13.0. The minimum absolute atomic E-state index is 0.00954. The summed E-state index contributed by atoms with van der Waals surface area (Å²) < 4.78 is 5.40. The summed E-state index contributed by atoms with van der Waals surface area (Å²) in [5.74, 6) is 1.15. The number of methoxy groups -OCH3 is 1. The van der Waals surface area contributed by atoms with Crippen molar-refractivity contribution in [2.75, 3.05) is 44.1 Å². The lowest BCUT2D eigenvalue weighted by atomic mass is 9.87. The number of rotatable bonds is 7. The Balaban J connectivity index is 1.73. The molecule has 1 saturated heterocycles. The van der Waals surface area contributed by atoms with E-state index < -0.39 is 5.41 Å². The van der Waals surface area contributed by atoms with Gasteiger partial charge in [-0.2, -0.15) is 4.98 Å². The molecular weight excluding hydrogens is 366 g/mol. The zero-order valence-corrected chi connectivity index (χ0v) is 16.3. The van der Waals surface area contributed by atoms with Crippen LogP contribution in [0.2, 0.25) is 5.15 Å². The number of nitrogens with one attached hydrogen (secondary N) is 2. The normalized spacial score (nSPS) is 19.1. The second-order valence-corrected chi connectivity index (χ2v) is 7.06. The van der Waals surface area contributed by atoms with Crippen molar-refractivity contribution in [2.45, 2.75) is 13.0 Å². The van der Waals surface area contributed by atoms with Crippen molar-refractivity contribution in [1.29, 1.82) is 0 Å². The average molecular weight is 390 g/mol. The standard InChI is InChI=1S/C19H24ClN5O2/c1-21-18-23-15(20)10-16(24-18)25-9-8-19(12-25,13-27-2)17(26)22-11-14-6-4-3-5-7-14/h3-7,10H,8-9,11-13H2,1-2H3,(H,22,26)(H,21,23,24)/t19-/m1/s1. The Hall–Kier alpha value is -2.38. The van der Waals surface area contributed by atoms with Crippen LogP contribution in [-0.2, 0) is 16.1 Å². The first-order chi connectivity index (χ1) is 13.1. The van der Waals surface area contributed by atoms with Crippen LogP contribution in [0.3, 0.4) is 0 Å². The highest BCUT2D eigenvalue weighted by Gasteiger charge is 2.45. The Bertz CT molecular complexity index is 789. The maximum absolute atomic E-state index is 13.0. The lowest BCUT2D eigenvalue weighted by molar-refractivity contribution is -0.133. The Labute approximate surface area is 164 Å². The van der Waals surface area contributed by atoms with Crippen molar-refractivity contribution in [2.24, 2.45) is 5.41 Å². The van der Waals surface area contributed by atoms with Gasteiger partial charge in [0, 0.05) is 39.9 Å². The summed E-state index contributed by atoms with van der Waals surface area (Å²) in [6.45, 7) is 2.05. The number of anilines is 2. The van der Waals surface area contributed by atoms with Crippen molar-refractivity contribution in [3.05, 3.63) is 47.1 Å². The van der Waals surface area contributed by atoms with Crippen LogP contribution in [0.4, 0.5) is 11.8 Å². The average Bonchev–Trinajstić information content (AvgIpc) is 3.12. The first kappa shape index (κ1) is 19.4. The van der Waals surface area contributed by atoms with Gasteiger partial charge in [-0.3, -0.25) is 4.79 Å². The molecule has 3 rings (SSSR count). The number of hydrogen-bond acceptors (Lipinski definition) is 6. The maximum Gasteiger partial charge on any atom is 0.230 e. The highest BCUT2D eigenvalue weighted by Crippen LogP contribution is 2.34. The van der Waals surface area contributed by atoms with Crippen LogP contribution in [0.1, 0.15) is 12.0 Å². The van der Waals surface area contributed by atoms with E-state index in [0.717, 1.165) is 5.56 Å². The number of ether oxygens (including phenoxy) is 1. The molecule has 1 aromatic carbocycles. The molecule has 1 aliphatic heterocycles. The van der Waals surface area contributed by atoms with E-state index in [0.29, 0.717) is 49.6 Å². The van der Waals surface area contributed by atoms with Crippen LogP contribution in [-0.4, -0.2) is 49.7 Å². The van der Waals surface area contributed by atoms with Gasteiger partial charge in [0.25, 0.3) is 0 Å². The van der Waals surface area contributed by atoms with E-state index in [2.05, 4.69) is 25.5 Å². The topological polar surface area (TPSA) is 79.4 Å². The van der Waals surface area contributed by atoms with Gasteiger partial charge < -0.3 is 20.3 Å². The molecule has 2 N–H and O–H groups in total. The number of hydrogen-bond donors (Lipinski definition) is 2. The van der Waals surface area contributed by atoms with Crippen molar-refractivity contribution >= 4 is 29.3 Å². The lowest BCUT2D eigenvalue weighted by Crippen LogP contribution is -2.45. The monoisotopic (exact) mass is 389 g/mol. The molecule has 0 spiro atoms. The van der Waals surface area contributed by atoms with E-state index in [4.69, 9.17) is 16.3 Å². The van der Waals surface area contributed by atoms with E-state index in [9.17, 15) is 4.79 Å². The Kier molecular flexibility index (Phi) is 6.13. The summed E-state index contributed by atoms with van der Waals surface area (Å²) in [6.07, 6.45) is 0.679. The van der Waals surface area contributed by atoms with Crippen molar-refractivity contribution in [3.63, 3.8) is 0 Å². The summed E-state index contributed by atoms with van der Waals surface area (Å²) >= 11 is 6.10. The molecule has 1 atom stereocenters. The van der Waals surface area contributed by atoms with Crippen LogP contribution in [0.25, 0.3) is 0 Å². The molecule has 2 aromatic rings. The van der Waals surface area contributed by atoms with Gasteiger partial charge >= 0.3 is 0 Å². The summed E-state index contributed by atoms with van der Waals surface area (Å²) in [5, 5.41) is 6.32. The number of benzene rings is 1.